The molecule has 1 nitrogen and oxygen atoms in total. The van der Waals surface area contributed by atoms with E-state index in [-0.39, 0.29) is 0 Å². The van der Waals surface area contributed by atoms with Crippen molar-refractivity contribution in [1.29, 1.82) is 5.26 Å². The first kappa shape index (κ1) is 9.31. The zero-order valence-corrected chi connectivity index (χ0v) is 8.25. The summed E-state index contributed by atoms with van der Waals surface area (Å²) < 4.78 is 0.724. The van der Waals surface area contributed by atoms with Gasteiger partial charge in [-0.3, -0.25) is 0 Å². The lowest BCUT2D eigenvalue weighted by atomic mass is 10.2. The number of hydrogen-bond acceptors (Lipinski definition) is 2. The van der Waals surface area contributed by atoms with Gasteiger partial charge < -0.3 is 0 Å². The number of thiophene rings is 1. The average Bonchev–Trinajstić information content (AvgIpc) is 2.47. The van der Waals surface area contributed by atoms with E-state index in [1.165, 1.54) is 11.3 Å². The lowest BCUT2D eigenvalue weighted by Crippen LogP contribution is -1.72. The Morgan fingerprint density at radius 2 is 2.50 bits per heavy atom. The molecule has 12 heavy (non-hydrogen) atoms. The second kappa shape index (κ2) is 4.30. The normalized spacial score (nSPS) is 11.2. The van der Waals surface area contributed by atoms with Crippen molar-refractivity contribution in [1.82, 2.24) is 0 Å². The number of nitriles is 1. The van der Waals surface area contributed by atoms with Crippen molar-refractivity contribution < 1.29 is 0 Å². The van der Waals surface area contributed by atoms with Crippen molar-refractivity contribution in [3.63, 3.8) is 0 Å². The van der Waals surface area contributed by atoms with Gasteiger partial charge in [-0.05, 0) is 18.6 Å². The van der Waals surface area contributed by atoms with E-state index in [0.29, 0.717) is 0 Å². The van der Waals surface area contributed by atoms with Crippen molar-refractivity contribution in [3.05, 3.63) is 27.4 Å². The fourth-order valence-electron chi connectivity index (χ4n) is 0.865. The zero-order chi connectivity index (χ0) is 8.97. The molecule has 3 heteroatoms. The Hall–Kier alpha value is -0.780. The highest BCUT2D eigenvalue weighted by Gasteiger charge is 2.02. The second-order valence-electron chi connectivity index (χ2n) is 2.24. The van der Waals surface area contributed by atoms with E-state index in [9.17, 15) is 0 Å². The molecule has 1 heterocycles. The summed E-state index contributed by atoms with van der Waals surface area (Å²) in [5.74, 6) is 0. The van der Waals surface area contributed by atoms with Crippen LogP contribution in [-0.4, -0.2) is 0 Å². The number of rotatable bonds is 2. The highest BCUT2D eigenvalue weighted by Crippen LogP contribution is 2.27. The molecule has 1 aromatic heterocycles. The van der Waals surface area contributed by atoms with Crippen LogP contribution in [0.15, 0.2) is 18.2 Å². The minimum absolute atomic E-state index is 0.717. The van der Waals surface area contributed by atoms with Crippen LogP contribution in [0.25, 0.3) is 5.57 Å². The summed E-state index contributed by atoms with van der Waals surface area (Å²) in [6, 6.07) is 5.83. The van der Waals surface area contributed by atoms with Crippen molar-refractivity contribution in [3.8, 4) is 6.07 Å². The Morgan fingerprint density at radius 3 is 2.92 bits per heavy atom. The Balaban J connectivity index is 2.97. The molecule has 0 aliphatic rings. The van der Waals surface area contributed by atoms with Crippen LogP contribution in [0.1, 0.15) is 18.2 Å². The minimum Gasteiger partial charge on any atom is -0.192 e. The Bertz CT molecular complexity index is 333. The third-order valence-corrected chi connectivity index (χ3v) is 2.63. The van der Waals surface area contributed by atoms with E-state index in [1.807, 2.05) is 25.1 Å². The quantitative estimate of drug-likeness (QED) is 0.663. The fourth-order valence-corrected chi connectivity index (χ4v) is 1.90. The van der Waals surface area contributed by atoms with E-state index in [4.69, 9.17) is 16.9 Å². The molecule has 1 rings (SSSR count). The number of allylic oxidation sites excluding steroid dienone is 2. The minimum atomic E-state index is 0.717. The molecule has 0 aliphatic heterocycles. The standard InChI is InChI=1S/C9H8ClNS/c1-2-3-7(6-11)8-4-5-9(10)12-8/h3-5H,2H2,1H3/b7-3+. The average molecular weight is 198 g/mol. The number of hydrogen-bond donors (Lipinski definition) is 0. The van der Waals surface area contributed by atoms with Gasteiger partial charge in [-0.15, -0.1) is 11.3 Å². The molecule has 0 bridgehead atoms. The fraction of sp³-hybridized carbons (Fsp3) is 0.222. The van der Waals surface area contributed by atoms with E-state index >= 15 is 0 Å². The summed E-state index contributed by atoms with van der Waals surface area (Å²) in [4.78, 5) is 0.948. The summed E-state index contributed by atoms with van der Waals surface area (Å²) in [5.41, 5.74) is 0.717. The molecule has 0 spiro atoms. The third kappa shape index (κ3) is 2.10. The Morgan fingerprint density at radius 1 is 1.75 bits per heavy atom. The monoisotopic (exact) mass is 197 g/mol. The summed E-state index contributed by atoms with van der Waals surface area (Å²) >= 11 is 7.18. The van der Waals surface area contributed by atoms with Gasteiger partial charge >= 0.3 is 0 Å². The Labute approximate surface area is 80.9 Å². The van der Waals surface area contributed by atoms with Crippen LogP contribution in [0, 0.1) is 11.3 Å². The number of halogens is 1. The molecule has 0 aliphatic carbocycles. The SMILES string of the molecule is CC/C=C(\C#N)c1ccc(Cl)s1. The Kier molecular flexibility index (Phi) is 3.33. The first-order chi connectivity index (χ1) is 5.77. The van der Waals surface area contributed by atoms with Crippen molar-refractivity contribution in [2.75, 3.05) is 0 Å². The molecule has 1 aromatic rings. The van der Waals surface area contributed by atoms with Gasteiger partial charge in [0.15, 0.2) is 0 Å². The highest BCUT2D eigenvalue weighted by molar-refractivity contribution is 7.17. The first-order valence-electron chi connectivity index (χ1n) is 3.64. The summed E-state index contributed by atoms with van der Waals surface area (Å²) in [5, 5.41) is 8.77. The van der Waals surface area contributed by atoms with Gasteiger partial charge in [0.05, 0.1) is 9.91 Å². The van der Waals surface area contributed by atoms with Crippen LogP contribution in [0.4, 0.5) is 0 Å². The van der Waals surface area contributed by atoms with E-state index in [0.717, 1.165) is 21.2 Å². The van der Waals surface area contributed by atoms with Crippen LogP contribution in [-0.2, 0) is 0 Å². The molecule has 0 amide bonds. The van der Waals surface area contributed by atoms with Crippen molar-refractivity contribution in [2.45, 2.75) is 13.3 Å². The lowest BCUT2D eigenvalue weighted by Gasteiger charge is -1.89. The molecule has 0 saturated heterocycles. The van der Waals surface area contributed by atoms with Gasteiger partial charge in [-0.1, -0.05) is 24.6 Å². The first-order valence-corrected chi connectivity index (χ1v) is 4.83. The predicted octanol–water partition coefficient (Wildman–Crippen LogP) is 3.72. The second-order valence-corrected chi connectivity index (χ2v) is 3.96. The van der Waals surface area contributed by atoms with Crippen LogP contribution < -0.4 is 0 Å². The molecule has 0 radical (unpaired) electrons. The number of nitrogens with zero attached hydrogens (tertiary/aromatic N) is 1. The third-order valence-electron chi connectivity index (χ3n) is 1.37. The van der Waals surface area contributed by atoms with Crippen LogP contribution in [0.3, 0.4) is 0 Å². The molecule has 0 unspecified atom stereocenters. The summed E-state index contributed by atoms with van der Waals surface area (Å²) in [6.07, 6.45) is 2.78. The van der Waals surface area contributed by atoms with E-state index < -0.39 is 0 Å². The van der Waals surface area contributed by atoms with Crippen LogP contribution in [0.5, 0.6) is 0 Å². The molecule has 62 valence electrons. The smallest absolute Gasteiger partial charge is 0.100 e. The van der Waals surface area contributed by atoms with Crippen molar-refractivity contribution in [2.24, 2.45) is 0 Å². The highest BCUT2D eigenvalue weighted by atomic mass is 35.5. The molecule has 0 atom stereocenters. The molecule has 0 aromatic carbocycles. The van der Waals surface area contributed by atoms with Gasteiger partial charge in [0.25, 0.3) is 0 Å². The summed E-state index contributed by atoms with van der Waals surface area (Å²) in [6.45, 7) is 2.01. The zero-order valence-electron chi connectivity index (χ0n) is 6.67. The largest absolute Gasteiger partial charge is 0.192 e. The van der Waals surface area contributed by atoms with Crippen LogP contribution >= 0.6 is 22.9 Å². The molecule has 0 N–H and O–H groups in total. The molecule has 0 saturated carbocycles. The van der Waals surface area contributed by atoms with Gasteiger partial charge in [0.1, 0.15) is 6.07 Å². The van der Waals surface area contributed by atoms with Crippen LogP contribution in [0.2, 0.25) is 4.34 Å². The van der Waals surface area contributed by atoms with E-state index in [1.54, 1.807) is 0 Å². The predicted molar refractivity (Wildman–Crippen MR) is 53.2 cm³/mol. The topological polar surface area (TPSA) is 23.8 Å². The van der Waals surface area contributed by atoms with Gasteiger partial charge in [-0.25, -0.2) is 0 Å². The molecular weight excluding hydrogens is 190 g/mol. The molecular formula is C9H8ClNS. The maximum absolute atomic E-state index is 8.77. The van der Waals surface area contributed by atoms with Gasteiger partial charge in [-0.2, -0.15) is 5.26 Å². The van der Waals surface area contributed by atoms with Gasteiger partial charge in [0, 0.05) is 4.88 Å². The van der Waals surface area contributed by atoms with E-state index in [2.05, 4.69) is 6.07 Å². The maximum Gasteiger partial charge on any atom is 0.100 e. The molecule has 0 fully saturated rings. The van der Waals surface area contributed by atoms with Gasteiger partial charge in [0.2, 0.25) is 0 Å². The summed E-state index contributed by atoms with van der Waals surface area (Å²) in [7, 11) is 0. The van der Waals surface area contributed by atoms with Crippen molar-refractivity contribution >= 4 is 28.5 Å². The maximum atomic E-state index is 8.77. The lowest BCUT2D eigenvalue weighted by molar-refractivity contribution is 1.23.